The fourth-order valence-corrected chi connectivity index (χ4v) is 21.6. The van der Waals surface area contributed by atoms with Crippen LogP contribution in [0.5, 0.6) is 0 Å². The highest BCUT2D eigenvalue weighted by Gasteiger charge is 2.66. The number of nitrogens with one attached hydrogen (secondary N) is 3. The van der Waals surface area contributed by atoms with Crippen molar-refractivity contribution in [3.63, 3.8) is 0 Å². The molecule has 14 rings (SSSR count). The third-order valence-electron chi connectivity index (χ3n) is 27.6. The molecule has 15 nitrogen and oxygen atoms in total. The van der Waals surface area contributed by atoms with Gasteiger partial charge in [-0.25, -0.2) is 23.8 Å². The van der Waals surface area contributed by atoms with Gasteiger partial charge in [0.05, 0.1) is 45.5 Å². The minimum absolute atomic E-state index is 0.0213. The summed E-state index contributed by atoms with van der Waals surface area (Å²) >= 11 is 0. The second-order valence-corrected chi connectivity index (χ2v) is 32.6. The van der Waals surface area contributed by atoms with Crippen LogP contribution in [0.4, 0.5) is 8.78 Å². The molecule has 100 heavy (non-hydrogen) atoms. The van der Waals surface area contributed by atoms with Gasteiger partial charge in [-0.2, -0.15) is 10.2 Å². The standard InChI is InChI=1S/C41H52FN3O4.C26H45NO2.C16H11FN2O3/c1-40-19-17-28(46)25-27(40)12-13-31-33-14-16-37(41(33,2)20-18-34(31)40)49-22-8-4-3-7-21-43-38(47)32-23-26(11-15-35(32)42)24-36-29-9-5-6-10-30(29)39(48)45-44-36;1-24-13-10-20(28)18-19(24)8-9-22-21(24)11-14-26(3)23(12-15-25(22,26)2)29-17-7-5-4-6-16-27;17-13-6-5-9(7-12(13)16(21)22)8-14-10-3-1-2-4-11(10)15(20)19-18-14/h5-6,9-11,15,23,27,31,33-34,37H,3-4,7-8,12-14,16-22,24-25H2,1-2H3,(H,43,47)(H,45,48);19,21-23H,4-18,27H2,1-3H3;1-7H,8H2,(H,19,20)(H,21,22)/t27-,31-,33-,34-,37-,40-,41-;19-,21-,22+,23-,24-,25-,26+;/m00./s1. The summed E-state index contributed by atoms with van der Waals surface area (Å²) in [7, 11) is 0. The largest absolute Gasteiger partial charge is 0.478 e. The number of carbonyl (C=O) groups is 4. The molecule has 17 heteroatoms. The molecule has 8 fully saturated rings. The monoisotopic (exact) mass is 1370 g/mol. The van der Waals surface area contributed by atoms with Crippen LogP contribution in [0, 0.1) is 80.1 Å². The van der Waals surface area contributed by atoms with Crippen molar-refractivity contribution in [2.75, 3.05) is 26.3 Å². The number of nitrogens with two attached hydrogens (primary N) is 1. The van der Waals surface area contributed by atoms with Crippen molar-refractivity contribution < 1.29 is 42.5 Å². The van der Waals surface area contributed by atoms with Crippen LogP contribution in [0.15, 0.2) is 94.5 Å². The van der Waals surface area contributed by atoms with Crippen molar-refractivity contribution >= 4 is 45.0 Å². The molecule has 1 amide bonds. The second-order valence-electron chi connectivity index (χ2n) is 32.6. The topological polar surface area (TPSA) is 237 Å². The van der Waals surface area contributed by atoms with E-state index in [1.165, 1.54) is 115 Å². The summed E-state index contributed by atoms with van der Waals surface area (Å²) in [4.78, 5) is 72.1. The highest BCUT2D eigenvalue weighted by atomic mass is 19.1. The van der Waals surface area contributed by atoms with Crippen molar-refractivity contribution in [2.24, 2.45) is 74.2 Å². The van der Waals surface area contributed by atoms with E-state index in [0.717, 1.165) is 137 Å². The van der Waals surface area contributed by atoms with E-state index in [4.69, 9.17) is 20.3 Å². The fraction of sp³-hybridized carbons (Fsp3) is 0.614. The van der Waals surface area contributed by atoms with Crippen LogP contribution in [0.2, 0.25) is 0 Å². The molecule has 2 heterocycles. The molecule has 6 aromatic rings. The number of rotatable bonds is 21. The Morgan fingerprint density at radius 3 is 1.63 bits per heavy atom. The number of nitrogens with zero attached hydrogens (tertiary/aromatic N) is 2. The number of hydrogen-bond acceptors (Lipinski definition) is 11. The quantitative estimate of drug-likeness (QED) is 0.0423. The maximum absolute atomic E-state index is 14.7. The number of ketones is 2. The Balaban J connectivity index is 0.000000157. The summed E-state index contributed by atoms with van der Waals surface area (Å²) in [6.45, 7) is 15.8. The Kier molecular flexibility index (Phi) is 22.6. The van der Waals surface area contributed by atoms with Gasteiger partial charge in [-0.05, 0) is 238 Å². The number of amides is 1. The predicted molar refractivity (Wildman–Crippen MR) is 386 cm³/mol. The van der Waals surface area contributed by atoms with Crippen LogP contribution in [-0.2, 0) is 31.9 Å². The highest BCUT2D eigenvalue weighted by Crippen LogP contribution is 2.72. The molecule has 0 radical (unpaired) electrons. The van der Waals surface area contributed by atoms with Gasteiger partial charge in [0.2, 0.25) is 0 Å². The van der Waals surface area contributed by atoms with Gasteiger partial charge in [-0.1, -0.05) is 109 Å². The lowest BCUT2D eigenvalue weighted by molar-refractivity contribution is -0.172. The zero-order chi connectivity index (χ0) is 70.6. The van der Waals surface area contributed by atoms with E-state index < -0.39 is 23.5 Å². The number of H-pyrrole nitrogens is 2. The molecule has 0 saturated heterocycles. The van der Waals surface area contributed by atoms with Crippen LogP contribution in [0.25, 0.3) is 21.5 Å². The molecule has 0 aliphatic heterocycles. The number of halogens is 2. The first-order valence-corrected chi connectivity index (χ1v) is 38.1. The van der Waals surface area contributed by atoms with E-state index in [2.05, 4.69) is 60.3 Å². The second kappa shape index (κ2) is 31.0. The molecular formula is C83H108F2N6O9. The number of aromatic amines is 2. The van der Waals surface area contributed by atoms with Crippen LogP contribution in [0.3, 0.4) is 0 Å². The number of benzene rings is 4. The van der Waals surface area contributed by atoms with E-state index in [9.17, 15) is 37.5 Å². The first-order valence-electron chi connectivity index (χ1n) is 38.1. The van der Waals surface area contributed by atoms with Gasteiger partial charge in [0, 0.05) is 69.1 Å². The molecule has 0 bridgehead atoms. The number of aromatic carboxylic acids is 1. The molecule has 0 spiro atoms. The van der Waals surface area contributed by atoms with Crippen LogP contribution in [0.1, 0.15) is 245 Å². The summed E-state index contributed by atoms with van der Waals surface area (Å²) in [6.07, 6.45) is 31.1. The van der Waals surface area contributed by atoms with Gasteiger partial charge in [-0.15, -0.1) is 0 Å². The number of Topliss-reactive ketones (excluding diaryl/α,β-unsaturated/α-hetero) is 2. The van der Waals surface area contributed by atoms with Crippen molar-refractivity contribution in [2.45, 2.75) is 227 Å². The fourth-order valence-electron chi connectivity index (χ4n) is 21.6. The highest BCUT2D eigenvalue weighted by molar-refractivity contribution is 5.95. The summed E-state index contributed by atoms with van der Waals surface area (Å²) in [5.41, 5.74) is 9.10. The normalized spacial score (nSPS) is 31.1. The summed E-state index contributed by atoms with van der Waals surface area (Å²) < 4.78 is 41.3. The predicted octanol–water partition coefficient (Wildman–Crippen LogP) is 16.2. The van der Waals surface area contributed by atoms with E-state index in [1.54, 1.807) is 48.5 Å². The molecule has 6 N–H and O–H groups in total. The molecule has 8 aliphatic rings. The number of fused-ring (bicyclic) bond motifs is 12. The van der Waals surface area contributed by atoms with Crippen LogP contribution >= 0.6 is 0 Å². The van der Waals surface area contributed by atoms with Gasteiger partial charge in [0.25, 0.3) is 17.0 Å². The van der Waals surface area contributed by atoms with Gasteiger partial charge in [-0.3, -0.25) is 24.0 Å². The first kappa shape index (κ1) is 73.0. The van der Waals surface area contributed by atoms with Crippen molar-refractivity contribution in [1.82, 2.24) is 25.7 Å². The molecule has 8 aliphatic carbocycles. The number of unbranched alkanes of at least 4 members (excludes halogenated alkanes) is 6. The number of aromatic nitrogens is 4. The minimum Gasteiger partial charge on any atom is -0.478 e. The molecule has 0 unspecified atom stereocenters. The zero-order valence-corrected chi connectivity index (χ0v) is 59.8. The maximum Gasteiger partial charge on any atom is 0.338 e. The van der Waals surface area contributed by atoms with Crippen LogP contribution in [-0.4, -0.2) is 87.5 Å². The Morgan fingerprint density at radius 1 is 0.530 bits per heavy atom. The summed E-state index contributed by atoms with van der Waals surface area (Å²) in [5, 5.41) is 27.5. The average Bonchev–Trinajstić information content (AvgIpc) is 1.54. The number of carboxylic acids is 1. The first-order chi connectivity index (χ1) is 48.1. The Morgan fingerprint density at radius 2 is 1.03 bits per heavy atom. The van der Waals surface area contributed by atoms with Crippen LogP contribution < -0.4 is 22.2 Å². The Hall–Kier alpha value is -6.82. The lowest BCUT2D eigenvalue weighted by Gasteiger charge is -2.64. The van der Waals surface area contributed by atoms with E-state index in [1.807, 2.05) is 12.1 Å². The minimum atomic E-state index is -1.32. The molecular weight excluding hydrogens is 1260 g/mol. The maximum atomic E-state index is 14.7. The van der Waals surface area contributed by atoms with Crippen molar-refractivity contribution in [1.29, 1.82) is 0 Å². The average molecular weight is 1370 g/mol. The molecule has 4 aromatic carbocycles. The number of ether oxygens (including phenoxy) is 2. The number of carbonyl (C=O) groups excluding carboxylic acids is 3. The lowest BCUT2D eigenvalue weighted by Crippen LogP contribution is -2.58. The Bertz CT molecular complexity index is 4060. The summed E-state index contributed by atoms with van der Waals surface area (Å²) in [5.74, 6) is 3.17. The van der Waals surface area contributed by atoms with Crippen molar-refractivity contribution in [3.05, 3.63) is 151 Å². The summed E-state index contributed by atoms with van der Waals surface area (Å²) in [6, 6.07) is 22.7. The van der Waals surface area contributed by atoms with E-state index in [0.29, 0.717) is 103 Å². The molecule has 14 atom stereocenters. The third-order valence-corrected chi connectivity index (χ3v) is 27.6. The SMILES string of the molecule is C[C@]12CCC(=O)C[C@@H]1CC[C@@H]1[C@@H]2CC[C@]2(C)[C@@H](OCCCCCCN)CC[C@@]12C.C[C@]12CCC(=O)C[C@@H]1CC[C@@H]1[C@@H]2CC[C@]2(C)[C@@H](OCCCCCCNC(=O)c3cc(Cc4n[nH]c(=O)c5ccccc45)ccc3F)CC[C@@H]12.O=C(O)c1cc(Cc2n[nH]c(=O)c3ccccc23)ccc1F. The Labute approximate surface area is 588 Å². The van der Waals surface area contributed by atoms with Gasteiger partial charge >= 0.3 is 5.97 Å². The third kappa shape index (κ3) is 14.8. The number of hydrogen-bond donors (Lipinski definition) is 5. The zero-order valence-electron chi connectivity index (χ0n) is 59.8. The van der Waals surface area contributed by atoms with Crippen molar-refractivity contribution in [3.8, 4) is 0 Å². The van der Waals surface area contributed by atoms with Gasteiger partial charge < -0.3 is 25.6 Å². The molecule has 538 valence electrons. The van der Waals surface area contributed by atoms with E-state index in [-0.39, 0.29) is 34.1 Å². The smallest absolute Gasteiger partial charge is 0.338 e. The molecule has 8 saturated carbocycles. The van der Waals surface area contributed by atoms with Gasteiger partial charge in [0.15, 0.2) is 0 Å². The molecule has 2 aromatic heterocycles. The van der Waals surface area contributed by atoms with E-state index >= 15 is 0 Å². The van der Waals surface area contributed by atoms with Gasteiger partial charge in [0.1, 0.15) is 23.2 Å². The lowest BCUT2D eigenvalue weighted by atomic mass is 9.41. The number of carboxylic acid groups (broad SMARTS) is 1.